The van der Waals surface area contributed by atoms with Gasteiger partial charge in [-0.15, -0.1) is 10.2 Å². The number of anilines is 1. The number of nitrogens with one attached hydrogen (secondary N) is 1. The number of aromatic nitrogens is 4. The number of hydrogen-bond donors (Lipinski definition) is 1. The predicted octanol–water partition coefficient (Wildman–Crippen LogP) is 2.42. The largest absolute Gasteiger partial charge is 0.360 e. The van der Waals surface area contributed by atoms with Crippen LogP contribution < -0.4 is 10.9 Å². The van der Waals surface area contributed by atoms with E-state index in [0.29, 0.717) is 10.6 Å². The van der Waals surface area contributed by atoms with E-state index in [0.717, 1.165) is 23.8 Å². The Morgan fingerprint density at radius 1 is 1.33 bits per heavy atom. The summed E-state index contributed by atoms with van der Waals surface area (Å²) in [6.45, 7) is 9.13. The van der Waals surface area contributed by atoms with Gasteiger partial charge in [-0.05, 0) is 12.5 Å². The molecule has 0 aromatic carbocycles. The Morgan fingerprint density at radius 3 is 2.67 bits per heavy atom. The van der Waals surface area contributed by atoms with Crippen molar-refractivity contribution >= 4 is 16.5 Å². The van der Waals surface area contributed by atoms with Crippen molar-refractivity contribution in [2.75, 3.05) is 11.9 Å². The number of aryl methyl sites for hydroxylation is 1. The van der Waals surface area contributed by atoms with Crippen LogP contribution in [0.25, 0.3) is 10.6 Å². The summed E-state index contributed by atoms with van der Waals surface area (Å²) in [5.41, 5.74) is 1.13. The summed E-state index contributed by atoms with van der Waals surface area (Å²) in [6.07, 6.45) is 1.01. The molecule has 0 radical (unpaired) electrons. The van der Waals surface area contributed by atoms with Crippen LogP contribution in [-0.2, 0) is 12.5 Å². The van der Waals surface area contributed by atoms with Crippen molar-refractivity contribution in [3.05, 3.63) is 22.1 Å². The fourth-order valence-corrected chi connectivity index (χ4v) is 2.54. The molecule has 2 aromatic rings. The molecular formula is C14H21N5OS. The summed E-state index contributed by atoms with van der Waals surface area (Å²) in [6, 6.07) is 1.83. The zero-order valence-electron chi connectivity index (χ0n) is 13.1. The van der Waals surface area contributed by atoms with Gasteiger partial charge < -0.3 is 5.32 Å². The lowest BCUT2D eigenvalue weighted by atomic mass is 9.91. The molecule has 114 valence electrons. The van der Waals surface area contributed by atoms with Crippen LogP contribution in [0.1, 0.15) is 39.8 Å². The highest BCUT2D eigenvalue weighted by molar-refractivity contribution is 7.18. The summed E-state index contributed by atoms with van der Waals surface area (Å²) in [4.78, 5) is 12.3. The third-order valence-electron chi connectivity index (χ3n) is 3.01. The standard InChI is InChI=1S/C14H21N5OS/c1-6-7-15-13-17-16-11(21-13)9-8-10(14(2,3)4)18-19(5)12(9)20/h8H,6-7H2,1-5H3,(H,15,17). The molecule has 0 aliphatic carbocycles. The second kappa shape index (κ2) is 5.93. The van der Waals surface area contributed by atoms with E-state index in [4.69, 9.17) is 0 Å². The van der Waals surface area contributed by atoms with E-state index in [1.807, 2.05) is 6.07 Å². The Morgan fingerprint density at radius 2 is 2.05 bits per heavy atom. The van der Waals surface area contributed by atoms with Gasteiger partial charge in [0.1, 0.15) is 0 Å². The monoisotopic (exact) mass is 307 g/mol. The van der Waals surface area contributed by atoms with Crippen molar-refractivity contribution in [1.82, 2.24) is 20.0 Å². The van der Waals surface area contributed by atoms with Gasteiger partial charge in [-0.25, -0.2) is 4.68 Å². The summed E-state index contributed by atoms with van der Waals surface area (Å²) in [5, 5.41) is 17.1. The molecule has 0 amide bonds. The van der Waals surface area contributed by atoms with Crippen molar-refractivity contribution in [2.24, 2.45) is 7.05 Å². The second-order valence-electron chi connectivity index (χ2n) is 5.96. The molecule has 0 spiro atoms. The summed E-state index contributed by atoms with van der Waals surface area (Å²) in [5.74, 6) is 0. The van der Waals surface area contributed by atoms with Crippen molar-refractivity contribution in [3.8, 4) is 10.6 Å². The molecule has 0 aliphatic heterocycles. The van der Waals surface area contributed by atoms with Crippen molar-refractivity contribution in [2.45, 2.75) is 39.5 Å². The van der Waals surface area contributed by atoms with Gasteiger partial charge in [0.2, 0.25) is 5.13 Å². The van der Waals surface area contributed by atoms with E-state index in [1.165, 1.54) is 16.0 Å². The average Bonchev–Trinajstić information content (AvgIpc) is 2.86. The van der Waals surface area contributed by atoms with Crippen LogP contribution in [-0.4, -0.2) is 26.5 Å². The van der Waals surface area contributed by atoms with E-state index in [1.54, 1.807) is 7.05 Å². The second-order valence-corrected chi connectivity index (χ2v) is 6.94. The molecule has 2 aromatic heterocycles. The minimum Gasteiger partial charge on any atom is -0.360 e. The van der Waals surface area contributed by atoms with E-state index < -0.39 is 0 Å². The minimum atomic E-state index is -0.152. The first-order valence-corrected chi connectivity index (χ1v) is 7.81. The third kappa shape index (κ3) is 3.47. The fraction of sp³-hybridized carbons (Fsp3) is 0.571. The lowest BCUT2D eigenvalue weighted by molar-refractivity contribution is 0.532. The molecule has 0 saturated heterocycles. The summed E-state index contributed by atoms with van der Waals surface area (Å²) in [7, 11) is 1.67. The molecular weight excluding hydrogens is 286 g/mol. The lowest BCUT2D eigenvalue weighted by Crippen LogP contribution is -2.26. The average molecular weight is 307 g/mol. The zero-order valence-corrected chi connectivity index (χ0v) is 13.9. The van der Waals surface area contributed by atoms with Crippen LogP contribution in [0.2, 0.25) is 0 Å². The van der Waals surface area contributed by atoms with Crippen molar-refractivity contribution < 1.29 is 0 Å². The molecule has 0 atom stereocenters. The Bertz CT molecular complexity index is 683. The van der Waals surface area contributed by atoms with Crippen LogP contribution in [0.3, 0.4) is 0 Å². The lowest BCUT2D eigenvalue weighted by Gasteiger charge is -2.18. The highest BCUT2D eigenvalue weighted by Crippen LogP contribution is 2.27. The van der Waals surface area contributed by atoms with Gasteiger partial charge in [0.15, 0.2) is 5.01 Å². The highest BCUT2D eigenvalue weighted by Gasteiger charge is 2.20. The van der Waals surface area contributed by atoms with Gasteiger partial charge in [-0.1, -0.05) is 39.0 Å². The number of rotatable bonds is 4. The normalized spacial score (nSPS) is 11.7. The Labute approximate surface area is 128 Å². The van der Waals surface area contributed by atoms with Gasteiger partial charge in [-0.3, -0.25) is 4.79 Å². The van der Waals surface area contributed by atoms with Crippen LogP contribution in [0, 0.1) is 0 Å². The maximum absolute atomic E-state index is 12.3. The summed E-state index contributed by atoms with van der Waals surface area (Å²) < 4.78 is 1.37. The Kier molecular flexibility index (Phi) is 4.41. The van der Waals surface area contributed by atoms with Gasteiger partial charge in [0.25, 0.3) is 5.56 Å². The van der Waals surface area contributed by atoms with E-state index in [-0.39, 0.29) is 11.0 Å². The molecule has 6 nitrogen and oxygen atoms in total. The summed E-state index contributed by atoms with van der Waals surface area (Å²) >= 11 is 1.39. The number of hydrogen-bond acceptors (Lipinski definition) is 6. The molecule has 0 bridgehead atoms. The molecule has 7 heteroatoms. The Balaban J connectivity index is 2.45. The molecule has 0 saturated carbocycles. The van der Waals surface area contributed by atoms with Crippen LogP contribution in [0.15, 0.2) is 10.9 Å². The van der Waals surface area contributed by atoms with Crippen molar-refractivity contribution in [1.29, 1.82) is 0 Å². The molecule has 2 heterocycles. The van der Waals surface area contributed by atoms with Gasteiger partial charge in [-0.2, -0.15) is 5.10 Å². The maximum atomic E-state index is 12.3. The zero-order chi connectivity index (χ0) is 15.6. The fourth-order valence-electron chi connectivity index (χ4n) is 1.76. The molecule has 0 unspecified atom stereocenters. The first-order valence-electron chi connectivity index (χ1n) is 6.99. The van der Waals surface area contributed by atoms with Gasteiger partial charge in [0, 0.05) is 19.0 Å². The Hall–Kier alpha value is -1.76. The first-order chi connectivity index (χ1) is 9.82. The molecule has 1 N–H and O–H groups in total. The number of nitrogens with zero attached hydrogens (tertiary/aromatic N) is 4. The SMILES string of the molecule is CCCNc1nnc(-c2cc(C(C)(C)C)nn(C)c2=O)s1. The minimum absolute atomic E-state index is 0.131. The predicted molar refractivity (Wildman–Crippen MR) is 85.9 cm³/mol. The van der Waals surface area contributed by atoms with Crippen LogP contribution >= 0.6 is 11.3 Å². The van der Waals surface area contributed by atoms with Crippen LogP contribution in [0.4, 0.5) is 5.13 Å². The van der Waals surface area contributed by atoms with E-state index in [2.05, 4.69) is 48.3 Å². The van der Waals surface area contributed by atoms with Crippen LogP contribution in [0.5, 0.6) is 0 Å². The van der Waals surface area contributed by atoms with Crippen molar-refractivity contribution in [3.63, 3.8) is 0 Å². The maximum Gasteiger partial charge on any atom is 0.276 e. The molecule has 0 aliphatic rings. The van der Waals surface area contributed by atoms with E-state index >= 15 is 0 Å². The highest BCUT2D eigenvalue weighted by atomic mass is 32.1. The third-order valence-corrected chi connectivity index (χ3v) is 3.93. The quantitative estimate of drug-likeness (QED) is 0.939. The molecule has 2 rings (SSSR count). The first kappa shape index (κ1) is 15.6. The molecule has 0 fully saturated rings. The van der Waals surface area contributed by atoms with Gasteiger partial charge in [0.05, 0.1) is 11.3 Å². The smallest absolute Gasteiger partial charge is 0.276 e. The van der Waals surface area contributed by atoms with E-state index in [9.17, 15) is 4.79 Å². The van der Waals surface area contributed by atoms with Gasteiger partial charge >= 0.3 is 0 Å². The topological polar surface area (TPSA) is 72.7 Å². The molecule has 21 heavy (non-hydrogen) atoms.